The molecular weight excluding hydrogens is 182 g/mol. The Hall–Kier alpha value is -0.440. The van der Waals surface area contributed by atoms with Gasteiger partial charge in [0.15, 0.2) is 0 Å². The average Bonchev–Trinajstić information content (AvgIpc) is 1.90. The lowest BCUT2D eigenvalue weighted by molar-refractivity contribution is 0.932. The van der Waals surface area contributed by atoms with Crippen molar-refractivity contribution in [3.8, 4) is 0 Å². The van der Waals surface area contributed by atoms with E-state index in [9.17, 15) is 4.91 Å². The molecule has 0 aromatic rings. The third-order valence-corrected chi connectivity index (χ3v) is 1.85. The van der Waals surface area contributed by atoms with Crippen LogP contribution in [0.15, 0.2) is 27.5 Å². The van der Waals surface area contributed by atoms with Crippen LogP contribution in [0.25, 0.3) is 0 Å². The van der Waals surface area contributed by atoms with Crippen molar-refractivity contribution in [2.75, 3.05) is 0 Å². The summed E-state index contributed by atoms with van der Waals surface area (Å²) in [4.78, 5) is 9.90. The van der Waals surface area contributed by atoms with E-state index in [-0.39, 0.29) is 0 Å². The summed E-state index contributed by atoms with van der Waals surface area (Å²) in [5.74, 6) is 0. The van der Waals surface area contributed by atoms with Crippen LogP contribution >= 0.6 is 15.9 Å². The van der Waals surface area contributed by atoms with Crippen LogP contribution in [0.1, 0.15) is 12.8 Å². The topological polar surface area (TPSA) is 29.4 Å². The van der Waals surface area contributed by atoms with E-state index in [2.05, 4.69) is 21.1 Å². The Morgan fingerprint density at radius 2 is 2.22 bits per heavy atom. The third kappa shape index (κ3) is 1.75. The minimum atomic E-state index is 0.637. The first kappa shape index (κ1) is 6.68. The smallest absolute Gasteiger partial charge is 0.0852 e. The highest BCUT2D eigenvalue weighted by atomic mass is 79.9. The first-order valence-corrected chi connectivity index (χ1v) is 3.51. The normalized spacial score (nSPS) is 18.3. The Morgan fingerprint density at radius 1 is 1.44 bits per heavy atom. The first-order chi connectivity index (χ1) is 4.33. The van der Waals surface area contributed by atoms with Crippen molar-refractivity contribution in [2.45, 2.75) is 12.8 Å². The van der Waals surface area contributed by atoms with E-state index in [1.54, 1.807) is 6.08 Å². The predicted molar refractivity (Wildman–Crippen MR) is 40.1 cm³/mol. The molecule has 1 aliphatic rings. The molecule has 0 atom stereocenters. The van der Waals surface area contributed by atoms with Crippen molar-refractivity contribution in [1.82, 2.24) is 0 Å². The van der Waals surface area contributed by atoms with Crippen LogP contribution in [-0.2, 0) is 0 Å². The molecule has 0 radical (unpaired) electrons. The van der Waals surface area contributed by atoms with Gasteiger partial charge in [0.25, 0.3) is 0 Å². The molecule has 1 aliphatic carbocycles. The number of hydrogen-bond acceptors (Lipinski definition) is 2. The zero-order chi connectivity index (χ0) is 6.69. The lowest BCUT2D eigenvalue weighted by Gasteiger charge is -2.01. The summed E-state index contributed by atoms with van der Waals surface area (Å²) in [6.07, 6.45) is 5.26. The van der Waals surface area contributed by atoms with Crippen molar-refractivity contribution in [3.63, 3.8) is 0 Å². The second-order valence-electron chi connectivity index (χ2n) is 1.86. The molecule has 0 spiro atoms. The van der Waals surface area contributed by atoms with E-state index in [4.69, 9.17) is 0 Å². The summed E-state index contributed by atoms with van der Waals surface area (Å²) in [5.41, 5.74) is 0.637. The van der Waals surface area contributed by atoms with Crippen molar-refractivity contribution < 1.29 is 0 Å². The maximum absolute atomic E-state index is 9.90. The largest absolute Gasteiger partial charge is 0.145 e. The molecule has 0 aliphatic heterocycles. The van der Waals surface area contributed by atoms with Gasteiger partial charge in [-0.2, -0.15) is 0 Å². The quantitative estimate of drug-likeness (QED) is 0.581. The average molecular weight is 188 g/mol. The lowest BCUT2D eigenvalue weighted by Crippen LogP contribution is -1.84. The molecule has 0 unspecified atom stereocenters. The van der Waals surface area contributed by atoms with Crippen molar-refractivity contribution >= 4 is 15.9 Å². The molecule has 9 heavy (non-hydrogen) atoms. The van der Waals surface area contributed by atoms with E-state index in [0.29, 0.717) is 5.70 Å². The second kappa shape index (κ2) is 2.92. The van der Waals surface area contributed by atoms with Crippen LogP contribution in [0.2, 0.25) is 0 Å². The summed E-state index contributed by atoms with van der Waals surface area (Å²) in [6, 6.07) is 0. The fraction of sp³-hybridized carbons (Fsp3) is 0.333. The number of hydrogen-bond donors (Lipinski definition) is 0. The maximum atomic E-state index is 9.90. The van der Waals surface area contributed by atoms with Crippen LogP contribution in [0, 0.1) is 4.91 Å². The minimum Gasteiger partial charge on any atom is -0.145 e. The van der Waals surface area contributed by atoms with Crippen LogP contribution in [0.5, 0.6) is 0 Å². The highest BCUT2D eigenvalue weighted by molar-refractivity contribution is 9.11. The van der Waals surface area contributed by atoms with Crippen molar-refractivity contribution in [3.05, 3.63) is 27.2 Å². The molecule has 0 amide bonds. The number of nitroso groups, excluding NO2 is 1. The van der Waals surface area contributed by atoms with Crippen LogP contribution in [-0.4, -0.2) is 0 Å². The third-order valence-electron chi connectivity index (χ3n) is 1.19. The lowest BCUT2D eigenvalue weighted by atomic mass is 10.1. The van der Waals surface area contributed by atoms with Gasteiger partial charge in [0.1, 0.15) is 0 Å². The second-order valence-corrected chi connectivity index (χ2v) is 2.88. The molecular formula is C6H6BrNO. The molecule has 0 aromatic heterocycles. The van der Waals surface area contributed by atoms with Gasteiger partial charge in [0.05, 0.1) is 5.70 Å². The molecule has 0 saturated heterocycles. The van der Waals surface area contributed by atoms with Gasteiger partial charge in [-0.1, -0.05) is 22.0 Å². The number of allylic oxidation sites excluding steroid dienone is 4. The van der Waals surface area contributed by atoms with Gasteiger partial charge in [-0.05, 0) is 28.6 Å². The van der Waals surface area contributed by atoms with Gasteiger partial charge in [-0.3, -0.25) is 0 Å². The van der Waals surface area contributed by atoms with Crippen molar-refractivity contribution in [2.24, 2.45) is 5.18 Å². The number of rotatable bonds is 1. The molecule has 0 N–H and O–H groups in total. The summed E-state index contributed by atoms with van der Waals surface area (Å²) < 4.78 is 1.13. The Kier molecular flexibility index (Phi) is 2.16. The molecule has 1 rings (SSSR count). The number of nitrogens with zero attached hydrogens (tertiary/aromatic N) is 1. The maximum Gasteiger partial charge on any atom is 0.0852 e. The Balaban J connectivity index is 2.69. The van der Waals surface area contributed by atoms with Crippen LogP contribution in [0.4, 0.5) is 0 Å². The molecule has 0 heterocycles. The predicted octanol–water partition coefficient (Wildman–Crippen LogP) is 2.71. The monoisotopic (exact) mass is 187 g/mol. The molecule has 0 fully saturated rings. The summed E-state index contributed by atoms with van der Waals surface area (Å²) in [7, 11) is 0. The van der Waals surface area contributed by atoms with Crippen molar-refractivity contribution in [1.29, 1.82) is 0 Å². The number of halogens is 1. The van der Waals surface area contributed by atoms with E-state index in [1.165, 1.54) is 0 Å². The molecule has 48 valence electrons. The van der Waals surface area contributed by atoms with E-state index in [0.717, 1.165) is 17.3 Å². The fourth-order valence-electron chi connectivity index (χ4n) is 0.677. The zero-order valence-electron chi connectivity index (χ0n) is 4.80. The van der Waals surface area contributed by atoms with Gasteiger partial charge in [0, 0.05) is 0 Å². The Bertz CT molecular complexity index is 183. The molecule has 2 nitrogen and oxygen atoms in total. The molecule has 0 saturated carbocycles. The first-order valence-electron chi connectivity index (χ1n) is 2.71. The highest BCUT2D eigenvalue weighted by Crippen LogP contribution is 2.22. The van der Waals surface area contributed by atoms with Gasteiger partial charge in [0.2, 0.25) is 0 Å². The molecule has 0 aromatic carbocycles. The van der Waals surface area contributed by atoms with E-state index < -0.39 is 0 Å². The fourth-order valence-corrected chi connectivity index (χ4v) is 1.01. The SMILES string of the molecule is O=NC1=CC=C(Br)CC1. The van der Waals surface area contributed by atoms with E-state index in [1.807, 2.05) is 6.08 Å². The minimum absolute atomic E-state index is 0.637. The van der Waals surface area contributed by atoms with Gasteiger partial charge >= 0.3 is 0 Å². The summed E-state index contributed by atoms with van der Waals surface area (Å²) in [5, 5.41) is 2.83. The van der Waals surface area contributed by atoms with Crippen LogP contribution < -0.4 is 0 Å². The van der Waals surface area contributed by atoms with Gasteiger partial charge < -0.3 is 0 Å². The highest BCUT2D eigenvalue weighted by Gasteiger charge is 2.02. The van der Waals surface area contributed by atoms with Gasteiger partial charge in [-0.15, -0.1) is 4.91 Å². The standard InChI is InChI=1S/C6H6BrNO/c7-5-1-3-6(8-9)4-2-5/h1,3H,2,4H2. The zero-order valence-corrected chi connectivity index (χ0v) is 6.39. The summed E-state index contributed by atoms with van der Waals surface area (Å²) in [6.45, 7) is 0. The Morgan fingerprint density at radius 3 is 2.67 bits per heavy atom. The molecule has 3 heteroatoms. The summed E-state index contributed by atoms with van der Waals surface area (Å²) >= 11 is 3.32. The Labute approximate surface area is 61.7 Å². The van der Waals surface area contributed by atoms with Gasteiger partial charge in [-0.25, -0.2) is 0 Å². The molecule has 0 bridgehead atoms. The van der Waals surface area contributed by atoms with E-state index >= 15 is 0 Å². The van der Waals surface area contributed by atoms with Crippen LogP contribution in [0.3, 0.4) is 0 Å².